The minimum Gasteiger partial charge on any atom is -0.481 e. The van der Waals surface area contributed by atoms with Crippen molar-refractivity contribution in [2.24, 2.45) is 0 Å². The Bertz CT molecular complexity index is 542. The number of rotatable bonds is 6. The summed E-state index contributed by atoms with van der Waals surface area (Å²) in [5.74, 6) is 0.150. The van der Waals surface area contributed by atoms with Gasteiger partial charge in [0.25, 0.3) is 5.91 Å². The Kier molecular flexibility index (Phi) is 4.97. The summed E-state index contributed by atoms with van der Waals surface area (Å²) in [6.07, 6.45) is 0.723. The normalized spacial score (nSPS) is 11.9. The molecule has 106 valence electrons. The summed E-state index contributed by atoms with van der Waals surface area (Å²) in [5, 5.41) is 4.24. The van der Waals surface area contributed by atoms with E-state index < -0.39 is 12.0 Å². The lowest BCUT2D eigenvalue weighted by molar-refractivity contribution is -0.141. The highest BCUT2D eigenvalue weighted by atomic mass is 35.5. The van der Waals surface area contributed by atoms with Crippen molar-refractivity contribution in [3.05, 3.63) is 47.3 Å². The summed E-state index contributed by atoms with van der Waals surface area (Å²) in [5.41, 5.74) is 2.86. The predicted octanol–water partition coefficient (Wildman–Crippen LogP) is 2.34. The molecule has 1 aromatic heterocycles. The highest BCUT2D eigenvalue weighted by Crippen LogP contribution is 2.16. The molecule has 0 aliphatic rings. The van der Waals surface area contributed by atoms with Crippen molar-refractivity contribution < 1.29 is 18.9 Å². The van der Waals surface area contributed by atoms with Gasteiger partial charge in [-0.15, -0.1) is 0 Å². The average Bonchev–Trinajstić information content (AvgIpc) is 2.94. The summed E-state index contributed by atoms with van der Waals surface area (Å²) in [6.45, 7) is 1.74. The second-order valence-corrected chi connectivity index (χ2v) is 4.40. The standard InChI is InChI=1S/C13H13ClN2O4/c1-9(20-12-4-2-10(14)3-5-12)13(17)16-19-8-11-6-7-18-15-11/h2-7,9H,8H2,1H3,(H,16,17). The van der Waals surface area contributed by atoms with Gasteiger partial charge in [0.2, 0.25) is 0 Å². The van der Waals surface area contributed by atoms with Crippen LogP contribution in [0.15, 0.2) is 41.1 Å². The molecular weight excluding hydrogens is 284 g/mol. The maximum absolute atomic E-state index is 11.7. The number of benzene rings is 1. The smallest absolute Gasteiger partial charge is 0.284 e. The van der Waals surface area contributed by atoms with Gasteiger partial charge in [-0.05, 0) is 31.2 Å². The molecule has 20 heavy (non-hydrogen) atoms. The molecule has 0 aliphatic carbocycles. The summed E-state index contributed by atoms with van der Waals surface area (Å²) in [7, 11) is 0. The molecule has 1 aromatic carbocycles. The van der Waals surface area contributed by atoms with Gasteiger partial charge in [-0.25, -0.2) is 5.48 Å². The Morgan fingerprint density at radius 2 is 2.15 bits per heavy atom. The molecule has 6 nitrogen and oxygen atoms in total. The van der Waals surface area contributed by atoms with Crippen LogP contribution in [0.5, 0.6) is 5.75 Å². The molecule has 0 spiro atoms. The largest absolute Gasteiger partial charge is 0.481 e. The van der Waals surface area contributed by atoms with Gasteiger partial charge in [0.05, 0.1) is 0 Å². The van der Waals surface area contributed by atoms with Gasteiger partial charge in [-0.3, -0.25) is 9.63 Å². The van der Waals surface area contributed by atoms with Gasteiger partial charge in [0.1, 0.15) is 24.3 Å². The molecule has 7 heteroatoms. The molecule has 1 amide bonds. The van der Waals surface area contributed by atoms with Crippen molar-refractivity contribution in [3.8, 4) is 5.75 Å². The van der Waals surface area contributed by atoms with Crippen LogP contribution in [0.2, 0.25) is 5.02 Å². The number of halogens is 1. The zero-order chi connectivity index (χ0) is 14.4. The maximum Gasteiger partial charge on any atom is 0.284 e. The van der Waals surface area contributed by atoms with Gasteiger partial charge in [0.15, 0.2) is 6.10 Å². The number of hydrogen-bond donors (Lipinski definition) is 1. The van der Waals surface area contributed by atoms with Crippen LogP contribution in [-0.4, -0.2) is 17.2 Å². The highest BCUT2D eigenvalue weighted by Gasteiger charge is 2.14. The molecule has 0 fully saturated rings. The minimum atomic E-state index is -0.700. The van der Waals surface area contributed by atoms with E-state index in [2.05, 4.69) is 15.2 Å². The Morgan fingerprint density at radius 3 is 2.80 bits per heavy atom. The molecule has 2 aromatic rings. The Labute approximate surface area is 120 Å². The van der Waals surface area contributed by atoms with Crippen LogP contribution in [-0.2, 0) is 16.2 Å². The van der Waals surface area contributed by atoms with E-state index in [1.807, 2.05) is 0 Å². The average molecular weight is 297 g/mol. The number of amides is 1. The molecule has 0 saturated heterocycles. The number of ether oxygens (including phenoxy) is 1. The number of aromatic nitrogens is 1. The number of nitrogens with one attached hydrogen (secondary N) is 1. The molecule has 2 rings (SSSR count). The molecule has 0 aliphatic heterocycles. The Morgan fingerprint density at radius 1 is 1.40 bits per heavy atom. The van der Waals surface area contributed by atoms with Crippen molar-refractivity contribution in [2.45, 2.75) is 19.6 Å². The third-order valence-electron chi connectivity index (χ3n) is 2.38. The lowest BCUT2D eigenvalue weighted by Gasteiger charge is -2.14. The summed E-state index contributed by atoms with van der Waals surface area (Å²) >= 11 is 5.76. The van der Waals surface area contributed by atoms with E-state index in [1.165, 1.54) is 6.26 Å². The van der Waals surface area contributed by atoms with Gasteiger partial charge in [0, 0.05) is 11.1 Å². The minimum absolute atomic E-state index is 0.121. The molecular formula is C13H13ClN2O4. The summed E-state index contributed by atoms with van der Waals surface area (Å²) in [6, 6.07) is 8.37. The first kappa shape index (κ1) is 14.4. The van der Waals surface area contributed by atoms with Crippen molar-refractivity contribution in [1.29, 1.82) is 0 Å². The van der Waals surface area contributed by atoms with E-state index in [0.717, 1.165) is 0 Å². The Hall–Kier alpha value is -2.05. The van der Waals surface area contributed by atoms with Crippen molar-refractivity contribution in [3.63, 3.8) is 0 Å². The second-order valence-electron chi connectivity index (χ2n) is 3.96. The van der Waals surface area contributed by atoms with Crippen LogP contribution in [0, 0.1) is 0 Å². The van der Waals surface area contributed by atoms with Gasteiger partial charge in [-0.1, -0.05) is 16.8 Å². The van der Waals surface area contributed by atoms with E-state index in [4.69, 9.17) is 21.2 Å². The molecule has 0 saturated carbocycles. The molecule has 0 bridgehead atoms. The zero-order valence-electron chi connectivity index (χ0n) is 10.7. The number of hydrogen-bond acceptors (Lipinski definition) is 5. The molecule has 1 N–H and O–H groups in total. The molecule has 0 radical (unpaired) electrons. The quantitative estimate of drug-likeness (QED) is 0.828. The van der Waals surface area contributed by atoms with E-state index >= 15 is 0 Å². The van der Waals surface area contributed by atoms with E-state index in [-0.39, 0.29) is 6.61 Å². The number of hydroxylamine groups is 1. The zero-order valence-corrected chi connectivity index (χ0v) is 11.5. The highest BCUT2D eigenvalue weighted by molar-refractivity contribution is 6.30. The van der Waals surface area contributed by atoms with E-state index in [0.29, 0.717) is 16.5 Å². The number of carbonyl (C=O) groups excluding carboxylic acids is 1. The third-order valence-corrected chi connectivity index (χ3v) is 2.63. The molecule has 1 heterocycles. The molecule has 1 atom stereocenters. The van der Waals surface area contributed by atoms with Crippen molar-refractivity contribution in [1.82, 2.24) is 10.6 Å². The number of nitrogens with zero attached hydrogens (tertiary/aromatic N) is 1. The van der Waals surface area contributed by atoms with Gasteiger partial charge in [-0.2, -0.15) is 0 Å². The van der Waals surface area contributed by atoms with E-state index in [1.54, 1.807) is 37.3 Å². The topological polar surface area (TPSA) is 73.6 Å². The monoisotopic (exact) mass is 296 g/mol. The number of carbonyl (C=O) groups is 1. The van der Waals surface area contributed by atoms with Crippen LogP contribution in [0.1, 0.15) is 12.6 Å². The van der Waals surface area contributed by atoms with Gasteiger partial charge < -0.3 is 9.26 Å². The summed E-state index contributed by atoms with van der Waals surface area (Å²) < 4.78 is 10.1. The third kappa shape index (κ3) is 4.25. The summed E-state index contributed by atoms with van der Waals surface area (Å²) in [4.78, 5) is 16.7. The fourth-order valence-corrected chi connectivity index (χ4v) is 1.47. The van der Waals surface area contributed by atoms with Crippen molar-refractivity contribution in [2.75, 3.05) is 0 Å². The first-order chi connectivity index (χ1) is 9.65. The van der Waals surface area contributed by atoms with Crippen LogP contribution >= 0.6 is 11.6 Å². The fourth-order valence-electron chi connectivity index (χ4n) is 1.35. The van der Waals surface area contributed by atoms with Crippen molar-refractivity contribution >= 4 is 17.5 Å². The maximum atomic E-state index is 11.7. The molecule has 1 unspecified atom stereocenters. The van der Waals surface area contributed by atoms with Crippen LogP contribution < -0.4 is 10.2 Å². The first-order valence-corrected chi connectivity index (χ1v) is 6.26. The van der Waals surface area contributed by atoms with Crippen LogP contribution in [0.25, 0.3) is 0 Å². The van der Waals surface area contributed by atoms with Crippen LogP contribution in [0.4, 0.5) is 0 Å². The predicted molar refractivity (Wildman–Crippen MR) is 71.0 cm³/mol. The SMILES string of the molecule is CC(Oc1ccc(Cl)cc1)C(=O)NOCc1ccon1. The second kappa shape index (κ2) is 6.93. The first-order valence-electron chi connectivity index (χ1n) is 5.88. The van der Waals surface area contributed by atoms with E-state index in [9.17, 15) is 4.79 Å². The lowest BCUT2D eigenvalue weighted by Crippen LogP contribution is -2.36. The van der Waals surface area contributed by atoms with Crippen LogP contribution in [0.3, 0.4) is 0 Å². The fraction of sp³-hybridized carbons (Fsp3) is 0.231. The van der Waals surface area contributed by atoms with Gasteiger partial charge >= 0.3 is 0 Å². The lowest BCUT2D eigenvalue weighted by atomic mass is 10.3. The Balaban J connectivity index is 1.75.